The molecule has 2 rings (SSSR count). The Kier molecular flexibility index (Phi) is 5.04. The molecule has 4 heteroatoms. The van der Waals surface area contributed by atoms with Gasteiger partial charge in [0.2, 0.25) is 0 Å². The summed E-state index contributed by atoms with van der Waals surface area (Å²) in [6, 6.07) is 11.4. The minimum atomic E-state index is 0.00734. The average molecular weight is 337 g/mol. The molecule has 0 aliphatic heterocycles. The largest absolute Gasteiger partial charge is 0.493 e. The molecule has 0 aliphatic rings. The van der Waals surface area contributed by atoms with E-state index in [2.05, 4.69) is 22.9 Å². The van der Waals surface area contributed by atoms with Crippen molar-refractivity contribution in [3.05, 3.63) is 52.0 Å². The number of aliphatic hydroxyl groups excluding tert-OH is 1. The van der Waals surface area contributed by atoms with Gasteiger partial charge in [-0.1, -0.05) is 19.1 Å². The summed E-state index contributed by atoms with van der Waals surface area (Å²) >= 11 is 3.44. The van der Waals surface area contributed by atoms with Crippen LogP contribution in [0.3, 0.4) is 0 Å². The number of benzene rings is 2. The van der Waals surface area contributed by atoms with Crippen LogP contribution in [0.1, 0.15) is 18.1 Å². The molecule has 20 heavy (non-hydrogen) atoms. The highest BCUT2D eigenvalue weighted by atomic mass is 79.9. The molecule has 0 heterocycles. The predicted octanol–water partition coefficient (Wildman–Crippen LogP) is 4.30. The normalized spacial score (nSPS) is 10.4. The molecular weight excluding hydrogens is 320 g/mol. The molecule has 0 radical (unpaired) electrons. The van der Waals surface area contributed by atoms with Gasteiger partial charge in [0.25, 0.3) is 0 Å². The third-order valence-electron chi connectivity index (χ3n) is 3.04. The Hall–Kier alpha value is -1.52. The number of hydrogen-bond donors (Lipinski definition) is 1. The first-order valence-electron chi connectivity index (χ1n) is 6.42. The van der Waals surface area contributed by atoms with E-state index in [0.717, 1.165) is 16.5 Å². The molecule has 0 aromatic heterocycles. The van der Waals surface area contributed by atoms with Crippen molar-refractivity contribution < 1.29 is 14.6 Å². The molecular formula is C16H17BrO3. The Labute approximate surface area is 127 Å². The molecule has 0 saturated carbocycles. The fourth-order valence-corrected chi connectivity index (χ4v) is 2.37. The summed E-state index contributed by atoms with van der Waals surface area (Å²) in [4.78, 5) is 0. The van der Waals surface area contributed by atoms with Crippen LogP contribution in [-0.4, -0.2) is 12.2 Å². The van der Waals surface area contributed by atoms with Crippen LogP contribution >= 0.6 is 15.9 Å². The molecule has 0 bridgehead atoms. The van der Waals surface area contributed by atoms with E-state index in [1.807, 2.05) is 36.4 Å². The Balaban J connectivity index is 2.29. The van der Waals surface area contributed by atoms with Gasteiger partial charge in [-0.2, -0.15) is 0 Å². The first kappa shape index (κ1) is 14.9. The lowest BCUT2D eigenvalue weighted by atomic mass is 10.1. The van der Waals surface area contributed by atoms with Gasteiger partial charge in [0, 0.05) is 0 Å². The number of halogens is 1. The lowest BCUT2D eigenvalue weighted by molar-refractivity contribution is 0.281. The van der Waals surface area contributed by atoms with Crippen LogP contribution in [0.25, 0.3) is 0 Å². The fraction of sp³-hybridized carbons (Fsp3) is 0.250. The van der Waals surface area contributed by atoms with Crippen molar-refractivity contribution in [1.82, 2.24) is 0 Å². The minimum Gasteiger partial charge on any atom is -0.493 e. The molecule has 3 nitrogen and oxygen atoms in total. The minimum absolute atomic E-state index is 0.00734. The van der Waals surface area contributed by atoms with E-state index in [1.54, 1.807) is 7.11 Å². The van der Waals surface area contributed by atoms with Crippen molar-refractivity contribution in [3.63, 3.8) is 0 Å². The lowest BCUT2D eigenvalue weighted by Gasteiger charge is -2.13. The van der Waals surface area contributed by atoms with Crippen molar-refractivity contribution in [1.29, 1.82) is 0 Å². The Morgan fingerprint density at radius 3 is 2.30 bits per heavy atom. The molecule has 1 N–H and O–H groups in total. The maximum atomic E-state index is 9.10. The van der Waals surface area contributed by atoms with E-state index < -0.39 is 0 Å². The zero-order valence-corrected chi connectivity index (χ0v) is 13.1. The molecule has 0 aliphatic carbocycles. The zero-order chi connectivity index (χ0) is 14.5. The number of aryl methyl sites for hydroxylation is 1. The van der Waals surface area contributed by atoms with Crippen LogP contribution in [0, 0.1) is 0 Å². The summed E-state index contributed by atoms with van der Waals surface area (Å²) in [5.74, 6) is 2.06. The van der Waals surface area contributed by atoms with Crippen molar-refractivity contribution in [2.45, 2.75) is 20.0 Å². The van der Waals surface area contributed by atoms with Crippen LogP contribution in [0.15, 0.2) is 40.9 Å². The van der Waals surface area contributed by atoms with E-state index in [-0.39, 0.29) is 6.61 Å². The van der Waals surface area contributed by atoms with Gasteiger partial charge >= 0.3 is 0 Å². The average Bonchev–Trinajstić information content (AvgIpc) is 2.49. The van der Waals surface area contributed by atoms with Crippen LogP contribution in [0.5, 0.6) is 17.2 Å². The highest BCUT2D eigenvalue weighted by Crippen LogP contribution is 2.36. The first-order chi connectivity index (χ1) is 9.67. The van der Waals surface area contributed by atoms with E-state index in [9.17, 15) is 0 Å². The molecule has 0 atom stereocenters. The number of aliphatic hydroxyl groups is 1. The van der Waals surface area contributed by atoms with Gasteiger partial charge in [-0.15, -0.1) is 0 Å². The van der Waals surface area contributed by atoms with Gasteiger partial charge in [-0.3, -0.25) is 0 Å². The first-order valence-corrected chi connectivity index (χ1v) is 7.21. The fourth-order valence-electron chi connectivity index (χ4n) is 1.86. The smallest absolute Gasteiger partial charge is 0.169 e. The van der Waals surface area contributed by atoms with Crippen LogP contribution in [-0.2, 0) is 13.0 Å². The summed E-state index contributed by atoms with van der Waals surface area (Å²) in [5, 5.41) is 9.10. The van der Waals surface area contributed by atoms with Gasteiger partial charge in [0.05, 0.1) is 18.2 Å². The topological polar surface area (TPSA) is 38.7 Å². The summed E-state index contributed by atoms with van der Waals surface area (Å²) in [7, 11) is 1.63. The van der Waals surface area contributed by atoms with Crippen molar-refractivity contribution in [3.8, 4) is 17.2 Å². The highest BCUT2D eigenvalue weighted by Gasteiger charge is 2.09. The summed E-state index contributed by atoms with van der Waals surface area (Å²) in [6.45, 7) is 2.10. The second-order valence-electron chi connectivity index (χ2n) is 4.36. The standard InChI is InChI=1S/C16H17BrO3/c1-3-11-4-7-15(16(9-11)19-2)20-14-6-5-12(10-18)8-13(14)17/h4-9,18H,3,10H2,1-2H3. The number of ether oxygens (including phenoxy) is 2. The maximum Gasteiger partial charge on any atom is 0.169 e. The van der Waals surface area contributed by atoms with E-state index in [0.29, 0.717) is 17.2 Å². The molecule has 0 amide bonds. The summed E-state index contributed by atoms with van der Waals surface area (Å²) in [5.41, 5.74) is 2.03. The lowest BCUT2D eigenvalue weighted by Crippen LogP contribution is -1.93. The van der Waals surface area contributed by atoms with Gasteiger partial charge < -0.3 is 14.6 Å². The predicted molar refractivity (Wildman–Crippen MR) is 82.5 cm³/mol. The van der Waals surface area contributed by atoms with Gasteiger partial charge in [-0.05, 0) is 57.7 Å². The third kappa shape index (κ3) is 3.32. The number of methoxy groups -OCH3 is 1. The monoisotopic (exact) mass is 336 g/mol. The van der Waals surface area contributed by atoms with Crippen LogP contribution in [0.2, 0.25) is 0 Å². The van der Waals surface area contributed by atoms with Gasteiger partial charge in [-0.25, -0.2) is 0 Å². The maximum absolute atomic E-state index is 9.10. The highest BCUT2D eigenvalue weighted by molar-refractivity contribution is 9.10. The molecule has 0 spiro atoms. The summed E-state index contributed by atoms with van der Waals surface area (Å²) in [6.07, 6.45) is 0.950. The van der Waals surface area contributed by atoms with Crippen LogP contribution in [0.4, 0.5) is 0 Å². The van der Waals surface area contributed by atoms with Crippen molar-refractivity contribution in [2.75, 3.05) is 7.11 Å². The quantitative estimate of drug-likeness (QED) is 0.884. The van der Waals surface area contributed by atoms with E-state index in [4.69, 9.17) is 14.6 Å². The SMILES string of the molecule is CCc1ccc(Oc2ccc(CO)cc2Br)c(OC)c1. The molecule has 2 aromatic carbocycles. The number of rotatable bonds is 5. The van der Waals surface area contributed by atoms with Crippen LogP contribution < -0.4 is 9.47 Å². The Morgan fingerprint density at radius 2 is 1.70 bits per heavy atom. The Morgan fingerprint density at radius 1 is 1.00 bits per heavy atom. The van der Waals surface area contributed by atoms with E-state index in [1.165, 1.54) is 5.56 Å². The number of hydrogen-bond acceptors (Lipinski definition) is 3. The molecule has 0 saturated heterocycles. The molecule has 0 fully saturated rings. The zero-order valence-electron chi connectivity index (χ0n) is 11.5. The van der Waals surface area contributed by atoms with Crippen molar-refractivity contribution >= 4 is 15.9 Å². The Bertz CT molecular complexity index is 596. The third-order valence-corrected chi connectivity index (χ3v) is 3.65. The molecule has 2 aromatic rings. The second kappa shape index (κ2) is 6.77. The summed E-state index contributed by atoms with van der Waals surface area (Å²) < 4.78 is 12.0. The second-order valence-corrected chi connectivity index (χ2v) is 5.22. The van der Waals surface area contributed by atoms with E-state index >= 15 is 0 Å². The van der Waals surface area contributed by atoms with Gasteiger partial charge in [0.1, 0.15) is 5.75 Å². The van der Waals surface area contributed by atoms with Crippen molar-refractivity contribution in [2.24, 2.45) is 0 Å². The molecule has 0 unspecified atom stereocenters. The van der Waals surface area contributed by atoms with Gasteiger partial charge in [0.15, 0.2) is 11.5 Å². The molecule has 106 valence electrons.